The van der Waals surface area contributed by atoms with E-state index < -0.39 is 11.6 Å². The van der Waals surface area contributed by atoms with E-state index in [0.717, 1.165) is 17.2 Å². The number of halogens is 2. The number of rotatable bonds is 1. The van der Waals surface area contributed by atoms with E-state index in [-0.39, 0.29) is 0 Å². The van der Waals surface area contributed by atoms with Crippen LogP contribution in [-0.4, -0.2) is 0 Å². The predicted molar refractivity (Wildman–Crippen MR) is 55.4 cm³/mol. The SMILES string of the molecule is Cc1c[c]ccc1-c1ccc(F)cc1F. The third kappa shape index (κ3) is 1.89. The van der Waals surface area contributed by atoms with E-state index in [1.165, 1.54) is 12.1 Å². The van der Waals surface area contributed by atoms with Crippen molar-refractivity contribution in [2.75, 3.05) is 0 Å². The summed E-state index contributed by atoms with van der Waals surface area (Å²) in [6.45, 7) is 1.87. The van der Waals surface area contributed by atoms with Crippen molar-refractivity contribution in [2.24, 2.45) is 0 Å². The van der Waals surface area contributed by atoms with Crippen molar-refractivity contribution in [1.82, 2.24) is 0 Å². The first-order valence-electron chi connectivity index (χ1n) is 4.60. The average molecular weight is 203 g/mol. The molecule has 2 aromatic rings. The minimum absolute atomic E-state index is 0.419. The maximum Gasteiger partial charge on any atom is 0.133 e. The van der Waals surface area contributed by atoms with Crippen molar-refractivity contribution >= 4 is 0 Å². The lowest BCUT2D eigenvalue weighted by Gasteiger charge is -2.06. The molecule has 0 aliphatic heterocycles. The molecule has 0 nitrogen and oxygen atoms in total. The van der Waals surface area contributed by atoms with Crippen LogP contribution in [0.2, 0.25) is 0 Å². The second-order valence-electron chi connectivity index (χ2n) is 3.37. The fourth-order valence-electron chi connectivity index (χ4n) is 1.52. The van der Waals surface area contributed by atoms with Gasteiger partial charge in [0.15, 0.2) is 0 Å². The lowest BCUT2D eigenvalue weighted by Crippen LogP contribution is -1.88. The highest BCUT2D eigenvalue weighted by Gasteiger charge is 2.07. The second kappa shape index (κ2) is 3.81. The summed E-state index contributed by atoms with van der Waals surface area (Å²) in [5, 5.41) is 0. The van der Waals surface area contributed by atoms with Gasteiger partial charge in [0.1, 0.15) is 11.6 Å². The summed E-state index contributed by atoms with van der Waals surface area (Å²) in [5.41, 5.74) is 2.11. The van der Waals surface area contributed by atoms with Crippen LogP contribution in [0.15, 0.2) is 36.4 Å². The van der Waals surface area contributed by atoms with Gasteiger partial charge >= 0.3 is 0 Å². The molecule has 2 heteroatoms. The van der Waals surface area contributed by atoms with Gasteiger partial charge in [-0.05, 0) is 36.2 Å². The minimum Gasteiger partial charge on any atom is -0.207 e. The van der Waals surface area contributed by atoms with Gasteiger partial charge in [0.25, 0.3) is 0 Å². The molecular formula is C13H9F2. The Morgan fingerprint density at radius 1 is 1.07 bits per heavy atom. The van der Waals surface area contributed by atoms with Crippen LogP contribution in [0.25, 0.3) is 11.1 Å². The first-order valence-corrected chi connectivity index (χ1v) is 4.60. The van der Waals surface area contributed by atoms with E-state index in [1.54, 1.807) is 18.2 Å². The van der Waals surface area contributed by atoms with Crippen LogP contribution in [0.3, 0.4) is 0 Å². The van der Waals surface area contributed by atoms with Gasteiger partial charge in [0.05, 0.1) is 0 Å². The Balaban J connectivity index is 2.60. The molecule has 0 unspecified atom stereocenters. The quantitative estimate of drug-likeness (QED) is 0.662. The van der Waals surface area contributed by atoms with Crippen molar-refractivity contribution in [3.63, 3.8) is 0 Å². The van der Waals surface area contributed by atoms with Gasteiger partial charge in [-0.1, -0.05) is 18.2 Å². The van der Waals surface area contributed by atoms with E-state index in [2.05, 4.69) is 6.07 Å². The second-order valence-corrected chi connectivity index (χ2v) is 3.37. The van der Waals surface area contributed by atoms with Gasteiger partial charge in [-0.15, -0.1) is 0 Å². The molecule has 2 rings (SSSR count). The maximum atomic E-state index is 13.5. The molecule has 2 aromatic carbocycles. The van der Waals surface area contributed by atoms with Gasteiger partial charge in [-0.25, -0.2) is 8.78 Å². The number of hydrogen-bond acceptors (Lipinski definition) is 0. The minimum atomic E-state index is -0.559. The number of aryl methyl sites for hydroxylation is 1. The molecule has 1 radical (unpaired) electrons. The van der Waals surface area contributed by atoms with Gasteiger partial charge in [0, 0.05) is 11.6 Å². The number of benzene rings is 2. The Hall–Kier alpha value is -1.70. The lowest BCUT2D eigenvalue weighted by atomic mass is 10.0. The number of hydrogen-bond donors (Lipinski definition) is 0. The molecule has 0 bridgehead atoms. The molecule has 0 fully saturated rings. The van der Waals surface area contributed by atoms with Gasteiger partial charge in [0.2, 0.25) is 0 Å². The maximum absolute atomic E-state index is 13.5. The van der Waals surface area contributed by atoms with Gasteiger partial charge in [-0.2, -0.15) is 0 Å². The van der Waals surface area contributed by atoms with Crippen molar-refractivity contribution < 1.29 is 8.78 Å². The Bertz CT molecular complexity index is 490. The highest BCUT2D eigenvalue weighted by molar-refractivity contribution is 5.67. The van der Waals surface area contributed by atoms with Crippen LogP contribution in [0.5, 0.6) is 0 Å². The molecule has 0 heterocycles. The Morgan fingerprint density at radius 3 is 2.53 bits per heavy atom. The summed E-state index contributed by atoms with van der Waals surface area (Å²) in [4.78, 5) is 0. The molecule has 0 aliphatic carbocycles. The van der Waals surface area contributed by atoms with E-state index in [1.807, 2.05) is 6.92 Å². The summed E-state index contributed by atoms with van der Waals surface area (Å²) in [7, 11) is 0. The summed E-state index contributed by atoms with van der Waals surface area (Å²) in [5.74, 6) is -1.10. The molecule has 0 aliphatic rings. The van der Waals surface area contributed by atoms with Crippen LogP contribution >= 0.6 is 0 Å². The Kier molecular flexibility index (Phi) is 2.50. The van der Waals surface area contributed by atoms with E-state index in [9.17, 15) is 8.78 Å². The van der Waals surface area contributed by atoms with Crippen LogP contribution in [-0.2, 0) is 0 Å². The molecule has 0 saturated heterocycles. The van der Waals surface area contributed by atoms with Crippen LogP contribution in [0.1, 0.15) is 5.56 Å². The summed E-state index contributed by atoms with van der Waals surface area (Å²) in [6.07, 6.45) is 0. The fourth-order valence-corrected chi connectivity index (χ4v) is 1.52. The molecule has 0 spiro atoms. The van der Waals surface area contributed by atoms with E-state index >= 15 is 0 Å². The molecular weight excluding hydrogens is 194 g/mol. The van der Waals surface area contributed by atoms with Crippen molar-refractivity contribution in [3.05, 3.63) is 59.7 Å². The van der Waals surface area contributed by atoms with Crippen molar-refractivity contribution in [3.8, 4) is 11.1 Å². The lowest BCUT2D eigenvalue weighted by molar-refractivity contribution is 0.585. The van der Waals surface area contributed by atoms with E-state index in [0.29, 0.717) is 5.56 Å². The third-order valence-electron chi connectivity index (χ3n) is 2.29. The van der Waals surface area contributed by atoms with Gasteiger partial charge < -0.3 is 0 Å². The van der Waals surface area contributed by atoms with Crippen molar-refractivity contribution in [2.45, 2.75) is 6.92 Å². The highest BCUT2D eigenvalue weighted by Crippen LogP contribution is 2.25. The molecule has 15 heavy (non-hydrogen) atoms. The van der Waals surface area contributed by atoms with Crippen molar-refractivity contribution in [1.29, 1.82) is 0 Å². The van der Waals surface area contributed by atoms with Crippen LogP contribution in [0.4, 0.5) is 8.78 Å². The topological polar surface area (TPSA) is 0 Å². The van der Waals surface area contributed by atoms with Gasteiger partial charge in [-0.3, -0.25) is 0 Å². The zero-order valence-electron chi connectivity index (χ0n) is 8.22. The Morgan fingerprint density at radius 2 is 1.87 bits per heavy atom. The zero-order chi connectivity index (χ0) is 10.8. The largest absolute Gasteiger partial charge is 0.207 e. The monoisotopic (exact) mass is 203 g/mol. The van der Waals surface area contributed by atoms with Crippen LogP contribution < -0.4 is 0 Å². The average Bonchev–Trinajstić information content (AvgIpc) is 2.20. The third-order valence-corrected chi connectivity index (χ3v) is 2.29. The summed E-state index contributed by atoms with van der Waals surface area (Å²) >= 11 is 0. The van der Waals surface area contributed by atoms with Crippen LogP contribution in [0, 0.1) is 24.6 Å². The molecule has 0 N–H and O–H groups in total. The highest BCUT2D eigenvalue weighted by atomic mass is 19.1. The standard InChI is InChI=1S/C13H9F2/c1-9-4-2-3-5-11(9)12-7-6-10(14)8-13(12)15/h3-8H,1H3. The first-order chi connectivity index (χ1) is 7.18. The normalized spacial score (nSPS) is 10.3. The predicted octanol–water partition coefficient (Wildman–Crippen LogP) is 3.74. The van der Waals surface area contributed by atoms with E-state index in [4.69, 9.17) is 0 Å². The summed E-state index contributed by atoms with van der Waals surface area (Å²) < 4.78 is 26.2. The smallest absolute Gasteiger partial charge is 0.133 e. The fraction of sp³-hybridized carbons (Fsp3) is 0.0769. The molecule has 0 amide bonds. The molecule has 75 valence electrons. The molecule has 0 aromatic heterocycles. The first kappa shape index (κ1) is 9.84. The summed E-state index contributed by atoms with van der Waals surface area (Å²) in [6, 6.07) is 11.8. The molecule has 0 saturated carbocycles. The Labute approximate surface area is 87.2 Å². The zero-order valence-corrected chi connectivity index (χ0v) is 8.22. The molecule has 0 atom stereocenters.